The van der Waals surface area contributed by atoms with Crippen molar-refractivity contribution in [1.82, 2.24) is 0 Å². The molecule has 0 atom stereocenters. The minimum Gasteiger partial charge on any atom is -0.545 e. The third kappa shape index (κ3) is 4.58. The molecular formula is C19H13ClNO6S2-. The van der Waals surface area contributed by atoms with Crippen molar-refractivity contribution in [3.05, 3.63) is 83.4 Å². The lowest BCUT2D eigenvalue weighted by Gasteiger charge is -2.11. The minimum absolute atomic E-state index is 0.00217. The molecule has 0 saturated carbocycles. The highest BCUT2D eigenvalue weighted by molar-refractivity contribution is 7.93. The van der Waals surface area contributed by atoms with Gasteiger partial charge in [0.25, 0.3) is 10.0 Å². The van der Waals surface area contributed by atoms with Crippen LogP contribution >= 0.6 is 11.6 Å². The Morgan fingerprint density at radius 3 is 2.07 bits per heavy atom. The first-order chi connectivity index (χ1) is 13.6. The van der Waals surface area contributed by atoms with Crippen molar-refractivity contribution >= 4 is 43.1 Å². The second-order valence-electron chi connectivity index (χ2n) is 5.91. The summed E-state index contributed by atoms with van der Waals surface area (Å²) in [6.07, 6.45) is 0. The van der Waals surface area contributed by atoms with Gasteiger partial charge in [0.2, 0.25) is 9.84 Å². The Morgan fingerprint density at radius 1 is 0.793 bits per heavy atom. The van der Waals surface area contributed by atoms with Gasteiger partial charge >= 0.3 is 0 Å². The molecule has 0 fully saturated rings. The van der Waals surface area contributed by atoms with E-state index in [1.54, 1.807) is 0 Å². The summed E-state index contributed by atoms with van der Waals surface area (Å²) < 4.78 is 53.1. The van der Waals surface area contributed by atoms with Crippen molar-refractivity contribution in [2.45, 2.75) is 14.7 Å². The van der Waals surface area contributed by atoms with Gasteiger partial charge in [-0.15, -0.1) is 0 Å². The van der Waals surface area contributed by atoms with E-state index in [0.717, 1.165) is 12.1 Å². The van der Waals surface area contributed by atoms with Gasteiger partial charge in [-0.25, -0.2) is 16.8 Å². The van der Waals surface area contributed by atoms with Crippen molar-refractivity contribution in [3.63, 3.8) is 0 Å². The van der Waals surface area contributed by atoms with E-state index in [2.05, 4.69) is 4.72 Å². The summed E-state index contributed by atoms with van der Waals surface area (Å²) in [6, 6.07) is 15.4. The fourth-order valence-electron chi connectivity index (χ4n) is 2.48. The predicted molar refractivity (Wildman–Crippen MR) is 105 cm³/mol. The molecule has 0 aliphatic heterocycles. The van der Waals surface area contributed by atoms with Crippen LogP contribution in [0.25, 0.3) is 0 Å². The van der Waals surface area contributed by atoms with Crippen molar-refractivity contribution in [3.8, 4) is 0 Å². The molecule has 0 aromatic heterocycles. The molecule has 0 heterocycles. The molecule has 0 aliphatic carbocycles. The number of anilines is 1. The molecular weight excluding hydrogens is 438 g/mol. The lowest BCUT2D eigenvalue weighted by Crippen LogP contribution is -2.22. The van der Waals surface area contributed by atoms with E-state index in [4.69, 9.17) is 11.6 Å². The maximum absolute atomic E-state index is 12.8. The molecule has 0 unspecified atom stereocenters. The average Bonchev–Trinajstić information content (AvgIpc) is 2.68. The summed E-state index contributed by atoms with van der Waals surface area (Å²) in [5.41, 5.74) is -0.207. The first-order valence-corrected chi connectivity index (χ1v) is 11.4. The first-order valence-electron chi connectivity index (χ1n) is 8.04. The van der Waals surface area contributed by atoms with Crippen LogP contribution in [0.15, 0.2) is 87.5 Å². The maximum atomic E-state index is 12.8. The van der Waals surface area contributed by atoms with Gasteiger partial charge in [0.15, 0.2) is 0 Å². The molecule has 0 aliphatic rings. The molecule has 3 rings (SSSR count). The van der Waals surface area contributed by atoms with Crippen LogP contribution in [0.1, 0.15) is 10.4 Å². The Hall–Kier alpha value is -2.88. The van der Waals surface area contributed by atoms with Gasteiger partial charge in [-0.1, -0.05) is 29.8 Å². The second kappa shape index (κ2) is 7.86. The molecule has 0 saturated heterocycles. The Balaban J connectivity index is 1.97. The van der Waals surface area contributed by atoms with E-state index >= 15 is 0 Å². The number of hydrogen-bond acceptors (Lipinski definition) is 6. The van der Waals surface area contributed by atoms with Gasteiger partial charge in [-0.2, -0.15) is 0 Å². The normalized spacial score (nSPS) is 11.8. The van der Waals surface area contributed by atoms with Crippen LogP contribution in [0.4, 0.5) is 5.69 Å². The molecule has 7 nitrogen and oxygen atoms in total. The van der Waals surface area contributed by atoms with Crippen molar-refractivity contribution in [2.24, 2.45) is 0 Å². The van der Waals surface area contributed by atoms with E-state index in [-0.39, 0.29) is 25.9 Å². The Bertz CT molecular complexity index is 1290. The summed E-state index contributed by atoms with van der Waals surface area (Å²) >= 11 is 5.78. The quantitative estimate of drug-likeness (QED) is 0.615. The van der Waals surface area contributed by atoms with E-state index in [9.17, 15) is 26.7 Å². The van der Waals surface area contributed by atoms with Crippen LogP contribution in [0.5, 0.6) is 0 Å². The fourth-order valence-corrected chi connectivity index (χ4v) is 5.08. The summed E-state index contributed by atoms with van der Waals surface area (Å²) in [4.78, 5) is 10.4. The summed E-state index contributed by atoms with van der Waals surface area (Å²) in [5, 5.41) is 11.3. The minimum atomic E-state index is -4.18. The molecule has 150 valence electrons. The second-order valence-corrected chi connectivity index (χ2v) is 9.97. The maximum Gasteiger partial charge on any atom is 0.261 e. The number of aromatic carboxylic acids is 1. The molecule has 0 radical (unpaired) electrons. The summed E-state index contributed by atoms with van der Waals surface area (Å²) in [6.45, 7) is 0. The Morgan fingerprint density at radius 2 is 1.41 bits per heavy atom. The molecule has 3 aromatic carbocycles. The number of benzene rings is 3. The van der Waals surface area contributed by atoms with Crippen LogP contribution in [0, 0.1) is 0 Å². The van der Waals surface area contributed by atoms with Gasteiger partial charge in [0, 0.05) is 10.7 Å². The predicted octanol–water partition coefficient (Wildman–Crippen LogP) is 2.34. The van der Waals surface area contributed by atoms with E-state index in [0.29, 0.717) is 5.02 Å². The third-order valence-corrected chi connectivity index (χ3v) is 7.30. The number of rotatable bonds is 6. The van der Waals surface area contributed by atoms with Crippen molar-refractivity contribution in [2.75, 3.05) is 4.72 Å². The highest BCUT2D eigenvalue weighted by Gasteiger charge is 2.21. The SMILES string of the molecule is O=C([O-])c1cccc(NS(=O)(=O)c2cccc(S(=O)(=O)c3ccc(Cl)cc3)c2)c1. The number of carboxylic acid groups (broad SMARTS) is 1. The number of hydrogen-bond donors (Lipinski definition) is 1. The average molecular weight is 451 g/mol. The Kier molecular flexibility index (Phi) is 5.65. The van der Waals surface area contributed by atoms with Crippen LogP contribution in [0.3, 0.4) is 0 Å². The number of halogens is 1. The van der Waals surface area contributed by atoms with Crippen molar-refractivity contribution < 1.29 is 26.7 Å². The molecule has 3 aromatic rings. The standard InChI is InChI=1S/C19H14ClNO6S2/c20-14-7-9-16(10-8-14)28(24,25)17-5-2-6-18(12-17)29(26,27)21-15-4-1-3-13(11-15)19(22)23/h1-12,21H,(H,22,23)/p-1. The highest BCUT2D eigenvalue weighted by Crippen LogP contribution is 2.25. The number of nitrogens with one attached hydrogen (secondary N) is 1. The zero-order valence-corrected chi connectivity index (χ0v) is 17.0. The van der Waals surface area contributed by atoms with Gasteiger partial charge in [-0.3, -0.25) is 4.72 Å². The molecule has 29 heavy (non-hydrogen) atoms. The summed E-state index contributed by atoms with van der Waals surface area (Å²) in [7, 11) is -8.14. The number of carbonyl (C=O) groups excluding carboxylic acids is 1. The first kappa shape index (κ1) is 20.8. The molecule has 0 bridgehead atoms. The molecule has 1 N–H and O–H groups in total. The smallest absolute Gasteiger partial charge is 0.261 e. The topological polar surface area (TPSA) is 120 Å². The molecule has 0 spiro atoms. The van der Waals surface area contributed by atoms with Crippen molar-refractivity contribution in [1.29, 1.82) is 0 Å². The fraction of sp³-hybridized carbons (Fsp3) is 0. The van der Waals surface area contributed by atoms with E-state index in [1.807, 2.05) is 0 Å². The number of carboxylic acids is 1. The zero-order chi connectivity index (χ0) is 21.2. The van der Waals surface area contributed by atoms with E-state index < -0.39 is 25.8 Å². The van der Waals surface area contributed by atoms with Crippen LogP contribution < -0.4 is 9.83 Å². The molecule has 10 heteroatoms. The Labute approximate surface area is 172 Å². The lowest BCUT2D eigenvalue weighted by atomic mass is 10.2. The highest BCUT2D eigenvalue weighted by atomic mass is 35.5. The van der Waals surface area contributed by atoms with Crippen LogP contribution in [-0.4, -0.2) is 22.8 Å². The summed E-state index contributed by atoms with van der Waals surface area (Å²) in [5.74, 6) is -1.46. The lowest BCUT2D eigenvalue weighted by molar-refractivity contribution is -0.255. The van der Waals surface area contributed by atoms with Crippen LogP contribution in [-0.2, 0) is 19.9 Å². The third-order valence-electron chi connectivity index (χ3n) is 3.90. The number of carbonyl (C=O) groups is 1. The van der Waals surface area contributed by atoms with Crippen LogP contribution in [0.2, 0.25) is 5.02 Å². The largest absolute Gasteiger partial charge is 0.545 e. The zero-order valence-electron chi connectivity index (χ0n) is 14.6. The van der Waals surface area contributed by atoms with Gasteiger partial charge in [-0.05, 0) is 60.2 Å². The van der Waals surface area contributed by atoms with Gasteiger partial charge < -0.3 is 9.90 Å². The van der Waals surface area contributed by atoms with Gasteiger partial charge in [0.1, 0.15) is 0 Å². The monoisotopic (exact) mass is 450 g/mol. The van der Waals surface area contributed by atoms with E-state index in [1.165, 1.54) is 60.7 Å². The number of sulfone groups is 1. The number of sulfonamides is 1. The molecule has 0 amide bonds. The van der Waals surface area contributed by atoms with Gasteiger partial charge in [0.05, 0.1) is 20.7 Å².